The number of hydrogen-bond acceptors (Lipinski definition) is 3. The number of nitrogens with zero attached hydrogens (tertiary/aromatic N) is 2. The van der Waals surface area contributed by atoms with E-state index >= 15 is 0 Å². The van der Waals surface area contributed by atoms with E-state index in [1.807, 2.05) is 25.3 Å². The minimum Gasteiger partial charge on any atom is -0.330 e. The van der Waals surface area contributed by atoms with Crippen LogP contribution in [0.5, 0.6) is 0 Å². The molecule has 2 amide bonds. The van der Waals surface area contributed by atoms with Crippen LogP contribution in [0.4, 0.5) is 8.78 Å². The Labute approximate surface area is 196 Å². The quantitative estimate of drug-likeness (QED) is 0.483. The molecule has 1 aliphatic heterocycles. The van der Waals surface area contributed by atoms with Crippen LogP contribution in [0.25, 0.3) is 0 Å². The van der Waals surface area contributed by atoms with E-state index in [-0.39, 0.29) is 41.8 Å². The molecule has 0 aliphatic carbocycles. The van der Waals surface area contributed by atoms with Gasteiger partial charge in [-0.3, -0.25) is 9.59 Å². The predicted molar refractivity (Wildman–Crippen MR) is 125 cm³/mol. The fourth-order valence-corrected chi connectivity index (χ4v) is 5.17. The Hall–Kier alpha value is -3.06. The average Bonchev–Trinajstić information content (AvgIpc) is 3.30. The van der Waals surface area contributed by atoms with E-state index in [0.717, 1.165) is 17.5 Å². The summed E-state index contributed by atoms with van der Waals surface area (Å²) < 4.78 is 27.3. The predicted octanol–water partition coefficient (Wildman–Crippen LogP) is 5.44. The van der Waals surface area contributed by atoms with Gasteiger partial charge in [0.1, 0.15) is 18.2 Å². The molecule has 3 aromatic rings. The number of hydrogen-bond donors (Lipinski definition) is 0. The maximum Gasteiger partial charge on any atom is 0.254 e. The summed E-state index contributed by atoms with van der Waals surface area (Å²) in [5, 5.41) is 2.01. The number of fused-ring (bicyclic) bond motifs is 1. The van der Waals surface area contributed by atoms with Crippen molar-refractivity contribution in [3.05, 3.63) is 93.2 Å². The van der Waals surface area contributed by atoms with Crippen LogP contribution in [0.3, 0.4) is 0 Å². The summed E-state index contributed by atoms with van der Waals surface area (Å²) in [6.07, 6.45) is 1.39. The molecule has 4 rings (SSSR count). The van der Waals surface area contributed by atoms with Gasteiger partial charge in [0.05, 0.1) is 6.04 Å². The second kappa shape index (κ2) is 9.83. The molecule has 4 nitrogen and oxygen atoms in total. The first-order chi connectivity index (χ1) is 15.9. The van der Waals surface area contributed by atoms with Gasteiger partial charge in [-0.25, -0.2) is 8.78 Å². The number of rotatable bonds is 6. The highest BCUT2D eigenvalue weighted by Gasteiger charge is 2.34. The maximum absolute atomic E-state index is 13.7. The van der Waals surface area contributed by atoms with Gasteiger partial charge in [-0.1, -0.05) is 25.1 Å². The van der Waals surface area contributed by atoms with Crippen molar-refractivity contribution < 1.29 is 18.4 Å². The molecule has 0 fully saturated rings. The lowest BCUT2D eigenvalue weighted by atomic mass is 9.93. The zero-order valence-electron chi connectivity index (χ0n) is 18.6. The highest BCUT2D eigenvalue weighted by atomic mass is 32.1. The molecule has 0 saturated heterocycles. The monoisotopic (exact) mass is 468 g/mol. The number of carbonyl (C=O) groups excluding carboxylic acids is 2. The molecule has 1 aliphatic rings. The van der Waals surface area contributed by atoms with Gasteiger partial charge in [-0.15, -0.1) is 11.3 Å². The Kier molecular flexibility index (Phi) is 6.88. The van der Waals surface area contributed by atoms with Crippen molar-refractivity contribution in [3.8, 4) is 0 Å². The van der Waals surface area contributed by atoms with E-state index in [4.69, 9.17) is 0 Å². The number of carbonyl (C=O) groups is 2. The molecule has 7 heteroatoms. The third kappa shape index (κ3) is 4.83. The number of halogens is 2. The molecular weight excluding hydrogens is 442 g/mol. The summed E-state index contributed by atoms with van der Waals surface area (Å²) in [6, 6.07) is 13.2. The summed E-state index contributed by atoms with van der Waals surface area (Å²) in [7, 11) is 0. The first kappa shape index (κ1) is 23.1. The van der Waals surface area contributed by atoms with E-state index in [2.05, 4.69) is 0 Å². The lowest BCUT2D eigenvalue weighted by molar-refractivity contribution is -0.134. The largest absolute Gasteiger partial charge is 0.330 e. The Morgan fingerprint density at radius 1 is 1.12 bits per heavy atom. The third-order valence-electron chi connectivity index (χ3n) is 6.23. The van der Waals surface area contributed by atoms with E-state index in [0.29, 0.717) is 13.0 Å². The van der Waals surface area contributed by atoms with Gasteiger partial charge in [0, 0.05) is 23.0 Å². The first-order valence-electron chi connectivity index (χ1n) is 11.1. The van der Waals surface area contributed by atoms with Crippen LogP contribution in [-0.2, 0) is 11.2 Å². The highest BCUT2D eigenvalue weighted by molar-refractivity contribution is 7.10. The van der Waals surface area contributed by atoms with Crippen molar-refractivity contribution in [3.63, 3.8) is 0 Å². The minimum absolute atomic E-state index is 0.110. The lowest BCUT2D eigenvalue weighted by Gasteiger charge is -2.38. The van der Waals surface area contributed by atoms with Crippen LogP contribution in [0, 0.1) is 11.6 Å². The summed E-state index contributed by atoms with van der Waals surface area (Å²) >= 11 is 1.65. The molecule has 0 N–H and O–H groups in total. The zero-order chi connectivity index (χ0) is 23.5. The van der Waals surface area contributed by atoms with Crippen molar-refractivity contribution in [2.75, 3.05) is 13.1 Å². The number of thiophene rings is 1. The van der Waals surface area contributed by atoms with E-state index in [1.165, 1.54) is 40.1 Å². The van der Waals surface area contributed by atoms with E-state index < -0.39 is 5.82 Å². The topological polar surface area (TPSA) is 40.6 Å². The Bertz CT molecular complexity index is 1150. The van der Waals surface area contributed by atoms with Gasteiger partial charge in [0.15, 0.2) is 0 Å². The van der Waals surface area contributed by atoms with Crippen LogP contribution in [0.15, 0.2) is 60.0 Å². The smallest absolute Gasteiger partial charge is 0.254 e. The van der Waals surface area contributed by atoms with Gasteiger partial charge in [-0.05, 0) is 72.7 Å². The van der Waals surface area contributed by atoms with Gasteiger partial charge in [0.25, 0.3) is 5.91 Å². The van der Waals surface area contributed by atoms with Crippen LogP contribution in [0.1, 0.15) is 52.7 Å². The van der Waals surface area contributed by atoms with Crippen LogP contribution >= 0.6 is 11.3 Å². The molecule has 2 atom stereocenters. The Morgan fingerprint density at radius 3 is 2.58 bits per heavy atom. The number of amides is 2. The average molecular weight is 469 g/mol. The third-order valence-corrected chi connectivity index (χ3v) is 7.23. The summed E-state index contributed by atoms with van der Waals surface area (Å²) in [5.74, 6) is -1.38. The van der Waals surface area contributed by atoms with Gasteiger partial charge >= 0.3 is 0 Å². The standard InChI is InChI=1S/C26H26F2N2O2S/c1-3-17(2)30(26(32)19-5-4-6-21(28)15-19)16-24(31)29-13-11-23-22(12-14-33-23)25(29)18-7-9-20(27)10-8-18/h4-10,12,14-15,17,25H,3,11,13,16H2,1-2H3. The molecule has 0 spiro atoms. The molecule has 2 unspecified atom stereocenters. The second-order valence-corrected chi connectivity index (χ2v) is 9.29. The Balaban J connectivity index is 1.64. The SMILES string of the molecule is CCC(C)N(CC(=O)N1CCc2sccc2C1c1ccc(F)cc1)C(=O)c1cccc(F)c1. The second-order valence-electron chi connectivity index (χ2n) is 8.29. The van der Waals surface area contributed by atoms with Crippen molar-refractivity contribution in [2.24, 2.45) is 0 Å². The molecule has 2 heterocycles. The van der Waals surface area contributed by atoms with Crippen LogP contribution in [0.2, 0.25) is 0 Å². The van der Waals surface area contributed by atoms with E-state index in [1.54, 1.807) is 34.4 Å². The molecule has 0 saturated carbocycles. The van der Waals surface area contributed by atoms with Crippen LogP contribution in [-0.4, -0.2) is 40.7 Å². The van der Waals surface area contributed by atoms with Gasteiger partial charge < -0.3 is 9.80 Å². The summed E-state index contributed by atoms with van der Waals surface area (Å²) in [5.41, 5.74) is 2.09. The minimum atomic E-state index is -0.492. The van der Waals surface area contributed by atoms with Gasteiger partial charge in [-0.2, -0.15) is 0 Å². The highest BCUT2D eigenvalue weighted by Crippen LogP contribution is 2.38. The summed E-state index contributed by atoms with van der Waals surface area (Å²) in [4.78, 5) is 31.3. The van der Waals surface area contributed by atoms with Crippen molar-refractivity contribution in [1.82, 2.24) is 9.80 Å². The van der Waals surface area contributed by atoms with Gasteiger partial charge in [0.2, 0.25) is 5.91 Å². The first-order valence-corrected chi connectivity index (χ1v) is 11.9. The Morgan fingerprint density at radius 2 is 1.88 bits per heavy atom. The summed E-state index contributed by atoms with van der Waals surface area (Å²) in [6.45, 7) is 4.23. The fourth-order valence-electron chi connectivity index (χ4n) is 4.26. The molecule has 0 radical (unpaired) electrons. The molecule has 0 bridgehead atoms. The number of benzene rings is 2. The van der Waals surface area contributed by atoms with Crippen molar-refractivity contribution in [2.45, 2.75) is 38.8 Å². The van der Waals surface area contributed by atoms with Crippen molar-refractivity contribution in [1.29, 1.82) is 0 Å². The molecule has 2 aromatic carbocycles. The fraction of sp³-hybridized carbons (Fsp3) is 0.308. The normalized spacial score (nSPS) is 16.2. The lowest BCUT2D eigenvalue weighted by Crippen LogP contribution is -2.49. The van der Waals surface area contributed by atoms with E-state index in [9.17, 15) is 18.4 Å². The zero-order valence-corrected chi connectivity index (χ0v) is 19.4. The van der Waals surface area contributed by atoms with Crippen molar-refractivity contribution >= 4 is 23.2 Å². The maximum atomic E-state index is 13.7. The molecular formula is C26H26F2N2O2S. The molecule has 33 heavy (non-hydrogen) atoms. The van der Waals surface area contributed by atoms with Crippen LogP contribution < -0.4 is 0 Å². The molecule has 1 aromatic heterocycles. The molecule has 172 valence electrons.